The van der Waals surface area contributed by atoms with Gasteiger partial charge in [0, 0.05) is 11.1 Å². The Kier molecular flexibility index (Phi) is 3.10. The molecule has 81 heavy (non-hydrogen) atoms. The van der Waals surface area contributed by atoms with E-state index in [1.807, 2.05) is 36.4 Å². The molecule has 0 aromatic heterocycles. The quantitative estimate of drug-likeness (QED) is 0.165. The molecule has 30 aromatic carbocycles. The van der Waals surface area contributed by atoms with E-state index >= 15 is 8.42 Å². The van der Waals surface area contributed by atoms with E-state index < -0.39 is 27.4 Å². The van der Waals surface area contributed by atoms with Gasteiger partial charge in [0.25, 0.3) is 0 Å². The standard InChI is InChI=1S/C75H15NO4S/c1-11-3-9-14(10-4-11)81(77,78)76-73(12-5-7-13(79-2)8-6-12)80-75-71-65-59-49-37-29-21-17-15-16-19-23(21)31(37)41-35-27(19)28-20(16)24-22-18(15)26-25(17)33-39(29)47-53-43(33)44-34(26)40-30(22)38-32(24)42-36(28)46-45(35)57(51(41)59)67(71)68-58(46)52(42)60-50(38)56-48(40)54(44)62-61(53)69(63(65)55(47)49)74(75,76)70(62)64(56)66(60)72(68)75/h3-10,73H,1-2H3. The van der Waals surface area contributed by atoms with Crippen LogP contribution in [0.5, 0.6) is 5.75 Å². The second kappa shape index (κ2) is 7.70. The summed E-state index contributed by atoms with van der Waals surface area (Å²) in [5, 5.41) is 79.5. The maximum Gasteiger partial charge on any atom is 0.246 e. The van der Waals surface area contributed by atoms with Crippen LogP contribution >= 0.6 is 0 Å². The van der Waals surface area contributed by atoms with E-state index in [0.717, 1.165) is 16.9 Å². The number of hydrogen-bond acceptors (Lipinski definition) is 4. The van der Waals surface area contributed by atoms with E-state index in [1.165, 1.54) is 248 Å². The van der Waals surface area contributed by atoms with E-state index in [4.69, 9.17) is 9.47 Å². The Balaban J connectivity index is 1.05. The molecule has 30 aromatic rings. The van der Waals surface area contributed by atoms with Crippen molar-refractivity contribution in [3.63, 3.8) is 0 Å². The normalized spacial score (nSPS) is 22.4. The van der Waals surface area contributed by atoms with Crippen molar-refractivity contribution in [2.75, 3.05) is 7.11 Å². The van der Waals surface area contributed by atoms with Crippen LogP contribution in [0.3, 0.4) is 0 Å². The number of hydrogen-bond donors (Lipinski definition) is 0. The molecule has 0 saturated carbocycles. The number of sulfonamides is 1. The highest BCUT2D eigenvalue weighted by molar-refractivity contribution is 7.89. The molecule has 0 N–H and O–H groups in total. The van der Waals surface area contributed by atoms with E-state index in [9.17, 15) is 0 Å². The van der Waals surface area contributed by atoms with Crippen molar-refractivity contribution in [2.24, 2.45) is 0 Å². The third kappa shape index (κ3) is 1.91. The predicted molar refractivity (Wildman–Crippen MR) is 331 cm³/mol. The summed E-state index contributed by atoms with van der Waals surface area (Å²) in [6, 6.07) is 16.0. The summed E-state index contributed by atoms with van der Waals surface area (Å²) < 4.78 is 52.0. The van der Waals surface area contributed by atoms with E-state index in [-0.39, 0.29) is 0 Å². The zero-order valence-corrected chi connectivity index (χ0v) is 42.5. The fourth-order valence-electron chi connectivity index (χ4n) is 26.2. The smallest absolute Gasteiger partial charge is 0.246 e. The van der Waals surface area contributed by atoms with Crippen molar-refractivity contribution in [2.45, 2.75) is 29.2 Å². The Hall–Kier alpha value is -9.43. The molecule has 35 rings (SSSR count). The molecule has 0 amide bonds. The number of benzene rings is 20. The minimum absolute atomic E-state index is 0.310. The number of nitrogens with zero attached hydrogens (tertiary/aromatic N) is 1. The highest BCUT2D eigenvalue weighted by Crippen LogP contribution is 2.87. The number of aryl methyl sites for hydroxylation is 1. The molecule has 2 spiro atoms. The Labute approximate surface area is 444 Å². The molecule has 1 heterocycles. The highest BCUT2D eigenvalue weighted by atomic mass is 32.2. The van der Waals surface area contributed by atoms with E-state index in [0.29, 0.717) is 4.90 Å². The van der Waals surface area contributed by atoms with Gasteiger partial charge in [-0.25, -0.2) is 8.42 Å². The third-order valence-corrected chi connectivity index (χ3v) is 28.8. The Morgan fingerprint density at radius 1 is 0.333 bits per heavy atom. The van der Waals surface area contributed by atoms with Gasteiger partial charge in [-0.1, -0.05) is 29.8 Å². The van der Waals surface area contributed by atoms with E-state index in [1.54, 1.807) is 71.7 Å². The van der Waals surface area contributed by atoms with Crippen molar-refractivity contribution in [3.05, 3.63) is 81.9 Å². The van der Waals surface area contributed by atoms with Crippen LogP contribution in [-0.2, 0) is 25.9 Å². The van der Waals surface area contributed by atoms with Crippen molar-refractivity contribution < 1.29 is 17.9 Å². The van der Waals surface area contributed by atoms with Gasteiger partial charge in [-0.2, -0.15) is 0 Å². The first kappa shape index (κ1) is 32.6. The van der Waals surface area contributed by atoms with Gasteiger partial charge in [-0.3, -0.25) is 0 Å². The van der Waals surface area contributed by atoms with Crippen LogP contribution in [0.2, 0.25) is 0 Å². The maximum atomic E-state index is 17.6. The first-order valence-corrected chi connectivity index (χ1v) is 30.6. The summed E-state index contributed by atoms with van der Waals surface area (Å²) in [5.74, 6) is 0.732. The molecular formula is C75H15NO4S. The van der Waals surface area contributed by atoms with Gasteiger partial charge in [0.05, 0.1) is 12.0 Å². The summed E-state index contributed by atoms with van der Waals surface area (Å²) in [7, 11) is -2.72. The molecule has 5 nitrogen and oxygen atoms in total. The largest absolute Gasteiger partial charge is 0.497 e. The van der Waals surface area contributed by atoms with Crippen LogP contribution in [0, 0.1) is 6.92 Å². The molecule has 1 fully saturated rings. The second-order valence-corrected chi connectivity index (χ2v) is 29.8. The molecule has 6 heteroatoms. The lowest BCUT2D eigenvalue weighted by molar-refractivity contribution is -0.0358. The van der Waals surface area contributed by atoms with Gasteiger partial charge < -0.3 is 9.47 Å². The maximum absolute atomic E-state index is 17.6. The fraction of sp³-hybridized carbons (Fsp3) is 0.0667. The predicted octanol–water partition coefficient (Wildman–Crippen LogP) is 18.9. The average Bonchev–Trinajstić information content (AvgIpc) is 1.39. The summed E-state index contributed by atoms with van der Waals surface area (Å²) in [6.07, 6.45) is -0.998. The topological polar surface area (TPSA) is 55.8 Å². The van der Waals surface area contributed by atoms with Crippen molar-refractivity contribution >= 4 is 301 Å². The molecule has 1 unspecified atom stereocenters. The van der Waals surface area contributed by atoms with Gasteiger partial charge in [0.2, 0.25) is 10.0 Å². The van der Waals surface area contributed by atoms with Crippen LogP contribution in [0.4, 0.5) is 0 Å². The minimum Gasteiger partial charge on any atom is -0.497 e. The second-order valence-electron chi connectivity index (χ2n) is 28.0. The van der Waals surface area contributed by atoms with Gasteiger partial charge in [0.1, 0.15) is 11.3 Å². The van der Waals surface area contributed by atoms with Gasteiger partial charge in [0.15, 0.2) is 11.8 Å². The molecule has 5 aliphatic rings. The minimum atomic E-state index is -4.44. The van der Waals surface area contributed by atoms with Crippen LogP contribution in [0.25, 0.3) is 291 Å². The van der Waals surface area contributed by atoms with Crippen LogP contribution in [-0.4, -0.2) is 19.8 Å². The van der Waals surface area contributed by atoms with Crippen LogP contribution < -0.4 is 4.74 Å². The van der Waals surface area contributed by atoms with Crippen LogP contribution in [0.15, 0.2) is 53.4 Å². The lowest BCUT2D eigenvalue weighted by atomic mass is 9.60. The number of methoxy groups -OCH3 is 1. The first-order chi connectivity index (χ1) is 40.0. The Bertz CT molecular complexity index is 7980. The van der Waals surface area contributed by atoms with Crippen molar-refractivity contribution in [3.8, 4) is 5.75 Å². The van der Waals surface area contributed by atoms with Gasteiger partial charge in [-0.15, -0.1) is 4.31 Å². The summed E-state index contributed by atoms with van der Waals surface area (Å²) in [4.78, 5) is 0.310. The molecule has 1 aliphatic heterocycles. The van der Waals surface area contributed by atoms with Crippen LogP contribution in [0.1, 0.15) is 39.6 Å². The van der Waals surface area contributed by atoms with Gasteiger partial charge >= 0.3 is 0 Å². The number of ether oxygens (including phenoxy) is 2. The Morgan fingerprint density at radius 3 is 0.815 bits per heavy atom. The molecule has 1 saturated heterocycles. The molecule has 4 aliphatic carbocycles. The molecule has 0 radical (unpaired) electrons. The SMILES string of the molecule is COc1ccc(C2OC34c5c6c7c8c9c%10c(c%11c%12c3c3c5c5c%13c6c6c7c7c9c9c%14c%10c%10c%11c%11c%12c%12c3c3c5c5c%13c%13c6c6c7c9c7c9c%14c%10c%10c%11c%11c%12c3c3c5c5c%13c6c7c6c9c%10c%11c3c56)C84N2S(=O)(=O)c2ccc(C)cc2)cc1. The third-order valence-electron chi connectivity index (χ3n) is 27.0. The van der Waals surface area contributed by atoms with Crippen molar-refractivity contribution in [1.29, 1.82) is 0 Å². The van der Waals surface area contributed by atoms with E-state index in [2.05, 4.69) is 23.4 Å². The van der Waals surface area contributed by atoms with Crippen molar-refractivity contribution in [1.82, 2.24) is 4.31 Å². The zero-order chi connectivity index (χ0) is 49.5. The number of rotatable bonds is 4. The molecular weight excluding hydrogens is 1010 g/mol. The summed E-state index contributed by atoms with van der Waals surface area (Å²) >= 11 is 0. The zero-order valence-electron chi connectivity index (χ0n) is 41.7. The first-order valence-electron chi connectivity index (χ1n) is 29.2. The molecule has 0 bridgehead atoms. The molecule has 1 atom stereocenters. The fourth-order valence-corrected chi connectivity index (χ4v) is 28.0. The lowest BCUT2D eigenvalue weighted by Gasteiger charge is -2.50. The van der Waals surface area contributed by atoms with Gasteiger partial charge in [-0.05, 0) is 339 Å². The summed E-state index contributed by atoms with van der Waals surface area (Å²) in [5.41, 5.74) is 4.20. The lowest BCUT2D eigenvalue weighted by Crippen LogP contribution is -2.57. The monoisotopic (exact) mass is 1030 g/mol. The Morgan fingerprint density at radius 2 is 0.568 bits per heavy atom. The highest BCUT2D eigenvalue weighted by Gasteiger charge is 2.79. The molecule has 350 valence electrons. The summed E-state index contributed by atoms with van der Waals surface area (Å²) in [6.45, 7) is 2.06. The average molecular weight is 1030 g/mol.